The van der Waals surface area contributed by atoms with Crippen LogP contribution < -0.4 is 9.47 Å². The molecule has 4 rings (SSSR count). The Balaban J connectivity index is 0.00000196. The Bertz CT molecular complexity index is 642. The Hall–Kier alpha value is -1.46. The molecule has 0 saturated carbocycles. The van der Waals surface area contributed by atoms with Crippen LogP contribution >= 0.6 is 0 Å². The van der Waals surface area contributed by atoms with E-state index in [2.05, 4.69) is 38.1 Å². The predicted octanol–water partition coefficient (Wildman–Crippen LogP) is 3.57. The van der Waals surface area contributed by atoms with Crippen molar-refractivity contribution in [1.29, 1.82) is 0 Å². The number of rotatable bonds is 8. The summed E-state index contributed by atoms with van der Waals surface area (Å²) in [5.41, 5.74) is 2.42. The van der Waals surface area contributed by atoms with Gasteiger partial charge in [-0.05, 0) is 35.4 Å². The van der Waals surface area contributed by atoms with Gasteiger partial charge in [0.1, 0.15) is 36.9 Å². The van der Waals surface area contributed by atoms with E-state index < -0.39 is 0 Å². The minimum Gasteiger partial charge on any atom is -0.491 e. The van der Waals surface area contributed by atoms with E-state index in [9.17, 15) is 0 Å². The first-order valence-corrected chi connectivity index (χ1v) is 8.81. The molecule has 2 aliphatic rings. The number of hydrogen-bond donors (Lipinski definition) is 0. The molecule has 2 saturated heterocycles. The van der Waals surface area contributed by atoms with E-state index in [1.165, 1.54) is 11.1 Å². The third-order valence-electron chi connectivity index (χ3n) is 4.83. The first kappa shape index (κ1) is 19.3. The van der Waals surface area contributed by atoms with Crippen LogP contribution in [0, 0.1) is 0 Å². The molecule has 4 nitrogen and oxygen atoms in total. The molecule has 137 valence electrons. The summed E-state index contributed by atoms with van der Waals surface area (Å²) in [6, 6.07) is 16.7. The summed E-state index contributed by atoms with van der Waals surface area (Å²) in [6.07, 6.45) is 0.562. The van der Waals surface area contributed by atoms with Crippen LogP contribution in [0.15, 0.2) is 48.5 Å². The molecule has 0 bridgehead atoms. The van der Waals surface area contributed by atoms with Gasteiger partial charge in [0.15, 0.2) is 0 Å². The van der Waals surface area contributed by atoms with E-state index in [4.69, 9.17) is 18.9 Å². The predicted molar refractivity (Wildman–Crippen MR) is 95.5 cm³/mol. The van der Waals surface area contributed by atoms with Crippen molar-refractivity contribution in [3.8, 4) is 11.5 Å². The van der Waals surface area contributed by atoms with Crippen LogP contribution in [0.1, 0.15) is 25.0 Å². The van der Waals surface area contributed by atoms with Gasteiger partial charge in [0, 0.05) is 24.0 Å². The first-order valence-electron chi connectivity index (χ1n) is 8.81. The monoisotopic (exact) mass is 391 g/mol. The molecule has 0 aromatic heterocycles. The zero-order chi connectivity index (χ0) is 17.3. The van der Waals surface area contributed by atoms with Gasteiger partial charge in [-0.25, -0.2) is 0 Å². The Morgan fingerprint density at radius 1 is 0.769 bits per heavy atom. The molecule has 2 atom stereocenters. The Kier molecular flexibility index (Phi) is 5.98. The standard InChI is InChI=1S/C21H24O4.V/c1-21(2,15-3-7-17(8-4-15)22-11-19-13-24-19)16-5-9-18(10-6-16)23-12-20-14-25-20;/h3-10,19-20H,11-14H2,1-2H3;. The summed E-state index contributed by atoms with van der Waals surface area (Å²) in [4.78, 5) is 0. The molecule has 2 aromatic carbocycles. The molecule has 26 heavy (non-hydrogen) atoms. The maximum atomic E-state index is 5.72. The van der Waals surface area contributed by atoms with Crippen LogP contribution in [0.5, 0.6) is 11.5 Å². The molecule has 0 aliphatic carbocycles. The topological polar surface area (TPSA) is 43.5 Å². The SMILES string of the molecule is CC(C)(c1ccc(OCC2CO2)cc1)c1ccc(OCC2CO2)cc1.[V]. The molecule has 2 fully saturated rings. The summed E-state index contributed by atoms with van der Waals surface area (Å²) in [5.74, 6) is 1.78. The summed E-state index contributed by atoms with van der Waals surface area (Å²) in [5, 5.41) is 0. The Morgan fingerprint density at radius 3 is 1.42 bits per heavy atom. The average molecular weight is 391 g/mol. The van der Waals surface area contributed by atoms with Crippen molar-refractivity contribution < 1.29 is 37.5 Å². The molecule has 0 N–H and O–H groups in total. The van der Waals surface area contributed by atoms with E-state index in [1.54, 1.807) is 0 Å². The second-order valence-electron chi connectivity index (χ2n) is 7.21. The fourth-order valence-electron chi connectivity index (χ4n) is 2.81. The average Bonchev–Trinajstić information content (AvgIpc) is 3.54. The van der Waals surface area contributed by atoms with Crippen LogP contribution in [-0.4, -0.2) is 38.6 Å². The van der Waals surface area contributed by atoms with Crippen LogP contribution in [0.3, 0.4) is 0 Å². The third-order valence-corrected chi connectivity index (χ3v) is 4.83. The molecule has 2 aliphatic heterocycles. The number of hydrogen-bond acceptors (Lipinski definition) is 4. The quantitative estimate of drug-likeness (QED) is 0.646. The van der Waals surface area contributed by atoms with E-state index in [-0.39, 0.29) is 36.2 Å². The van der Waals surface area contributed by atoms with Gasteiger partial charge >= 0.3 is 0 Å². The molecule has 0 amide bonds. The minimum absolute atomic E-state index is 0. The molecule has 2 heterocycles. The van der Waals surface area contributed by atoms with Crippen molar-refractivity contribution in [2.75, 3.05) is 26.4 Å². The van der Waals surface area contributed by atoms with Crippen LogP contribution in [0.25, 0.3) is 0 Å². The van der Waals surface area contributed by atoms with Crippen molar-refractivity contribution in [3.63, 3.8) is 0 Å². The van der Waals surface area contributed by atoms with Gasteiger partial charge in [-0.3, -0.25) is 0 Å². The molecular formula is C21H24O4V. The summed E-state index contributed by atoms with van der Waals surface area (Å²) in [6.45, 7) is 7.37. The zero-order valence-electron chi connectivity index (χ0n) is 15.2. The van der Waals surface area contributed by atoms with Crippen LogP contribution in [0.2, 0.25) is 0 Å². The molecule has 1 radical (unpaired) electrons. The molecule has 0 spiro atoms. The molecular weight excluding hydrogens is 367 g/mol. The first-order chi connectivity index (χ1) is 12.1. The summed E-state index contributed by atoms with van der Waals surface area (Å²) < 4.78 is 21.8. The molecule has 5 heteroatoms. The van der Waals surface area contributed by atoms with E-state index in [0.717, 1.165) is 24.7 Å². The van der Waals surface area contributed by atoms with Gasteiger partial charge in [0.2, 0.25) is 0 Å². The Labute approximate surface area is 166 Å². The zero-order valence-corrected chi connectivity index (χ0v) is 16.6. The summed E-state index contributed by atoms with van der Waals surface area (Å²) >= 11 is 0. The van der Waals surface area contributed by atoms with Crippen molar-refractivity contribution in [2.45, 2.75) is 31.5 Å². The summed E-state index contributed by atoms with van der Waals surface area (Å²) in [7, 11) is 0. The maximum Gasteiger partial charge on any atom is 0.119 e. The normalized spacial score (nSPS) is 20.8. The second-order valence-corrected chi connectivity index (χ2v) is 7.21. The van der Waals surface area contributed by atoms with Gasteiger partial charge in [0.25, 0.3) is 0 Å². The van der Waals surface area contributed by atoms with E-state index >= 15 is 0 Å². The van der Waals surface area contributed by atoms with Gasteiger partial charge in [-0.15, -0.1) is 0 Å². The van der Waals surface area contributed by atoms with Crippen LogP contribution in [0.4, 0.5) is 0 Å². The number of benzene rings is 2. The van der Waals surface area contributed by atoms with Crippen molar-refractivity contribution in [3.05, 3.63) is 59.7 Å². The second kappa shape index (κ2) is 8.05. The fraction of sp³-hybridized carbons (Fsp3) is 0.429. The van der Waals surface area contributed by atoms with Gasteiger partial charge in [-0.1, -0.05) is 38.1 Å². The van der Waals surface area contributed by atoms with Crippen molar-refractivity contribution >= 4 is 0 Å². The largest absolute Gasteiger partial charge is 0.491 e. The molecule has 2 aromatic rings. The van der Waals surface area contributed by atoms with Crippen molar-refractivity contribution in [2.24, 2.45) is 0 Å². The van der Waals surface area contributed by atoms with E-state index in [0.29, 0.717) is 13.2 Å². The van der Waals surface area contributed by atoms with Crippen molar-refractivity contribution in [1.82, 2.24) is 0 Å². The smallest absolute Gasteiger partial charge is 0.119 e. The van der Waals surface area contributed by atoms with Crippen LogP contribution in [-0.2, 0) is 33.4 Å². The third kappa shape index (κ3) is 4.83. The van der Waals surface area contributed by atoms with Gasteiger partial charge in [-0.2, -0.15) is 0 Å². The minimum atomic E-state index is -0.0870. The maximum absolute atomic E-state index is 5.72. The fourth-order valence-corrected chi connectivity index (χ4v) is 2.81. The number of ether oxygens (including phenoxy) is 4. The van der Waals surface area contributed by atoms with Gasteiger partial charge < -0.3 is 18.9 Å². The molecule has 2 unspecified atom stereocenters. The Morgan fingerprint density at radius 2 is 1.12 bits per heavy atom. The van der Waals surface area contributed by atoms with E-state index in [1.807, 2.05) is 24.3 Å². The van der Waals surface area contributed by atoms with Gasteiger partial charge in [0.05, 0.1) is 13.2 Å². The number of epoxide rings is 2.